The minimum atomic E-state index is -0.913. The van der Waals surface area contributed by atoms with E-state index in [2.05, 4.69) is 0 Å². The van der Waals surface area contributed by atoms with Crippen LogP contribution in [-0.4, -0.2) is 34.6 Å². The van der Waals surface area contributed by atoms with Crippen LogP contribution in [0, 0.1) is 0 Å². The minimum Gasteiger partial charge on any atom is -0.480 e. The highest BCUT2D eigenvalue weighted by atomic mass is 35.5. The van der Waals surface area contributed by atoms with Gasteiger partial charge in [-0.25, -0.2) is 0 Å². The summed E-state index contributed by atoms with van der Waals surface area (Å²) in [5.74, 6) is -0.1000. The fourth-order valence-electron chi connectivity index (χ4n) is 0.368. The van der Waals surface area contributed by atoms with Gasteiger partial charge in [0.2, 0.25) is 0 Å². The maximum Gasteiger partial charge on any atom is 0.320 e. The van der Waals surface area contributed by atoms with Gasteiger partial charge in [0.1, 0.15) is 6.04 Å². The summed E-state index contributed by atoms with van der Waals surface area (Å²) in [4.78, 5) is 10.1. The zero-order valence-electron chi connectivity index (χ0n) is 6.24. The van der Waals surface area contributed by atoms with Gasteiger partial charge in [0.15, 0.2) is 0 Å². The van der Waals surface area contributed by atoms with Gasteiger partial charge in [0.05, 0.1) is 0 Å². The lowest BCUT2D eigenvalue weighted by Gasteiger charge is -2.02. The standard InChI is InChI=1S/C5H11NO2S.ClH.H2O/c1-9-3-2-4(6)5(7)8;;/h4H,2-3,6H2,1H3,(H,7,8);1H;1H2/t4-;;/m0../s1. The first kappa shape index (κ1) is 17.2. The van der Waals surface area contributed by atoms with E-state index < -0.39 is 12.0 Å². The van der Waals surface area contributed by atoms with Gasteiger partial charge in [0, 0.05) is 0 Å². The first-order valence-corrected chi connectivity index (χ1v) is 4.05. The van der Waals surface area contributed by atoms with E-state index in [0.29, 0.717) is 6.42 Å². The Hall–Kier alpha value is 0.0300. The van der Waals surface area contributed by atoms with Crippen LogP contribution in [0.2, 0.25) is 0 Å². The van der Waals surface area contributed by atoms with Crippen molar-refractivity contribution in [1.82, 2.24) is 0 Å². The van der Waals surface area contributed by atoms with Crippen LogP contribution in [0.3, 0.4) is 0 Å². The smallest absolute Gasteiger partial charge is 0.320 e. The van der Waals surface area contributed by atoms with Crippen LogP contribution >= 0.6 is 24.2 Å². The lowest BCUT2D eigenvalue weighted by molar-refractivity contribution is -0.138. The summed E-state index contributed by atoms with van der Waals surface area (Å²) in [6, 6.07) is -0.683. The van der Waals surface area contributed by atoms with E-state index in [1.54, 1.807) is 11.8 Å². The monoisotopic (exact) mass is 203 g/mol. The SMILES string of the molecule is CSCC[C@H](N)C(=O)O.Cl.O. The molecule has 0 aliphatic heterocycles. The van der Waals surface area contributed by atoms with Crippen molar-refractivity contribution in [1.29, 1.82) is 0 Å². The Bertz CT molecular complexity index is 104. The summed E-state index contributed by atoms with van der Waals surface area (Å²) < 4.78 is 0. The van der Waals surface area contributed by atoms with E-state index in [1.165, 1.54) is 0 Å². The van der Waals surface area contributed by atoms with E-state index in [-0.39, 0.29) is 17.9 Å². The average Bonchev–Trinajstić information content (AvgIpc) is 1.82. The minimum absolute atomic E-state index is 0. The lowest BCUT2D eigenvalue weighted by atomic mass is 10.2. The van der Waals surface area contributed by atoms with Crippen molar-refractivity contribution < 1.29 is 15.4 Å². The third-order valence-corrected chi connectivity index (χ3v) is 1.59. The molecule has 4 nitrogen and oxygen atoms in total. The molecule has 0 aromatic carbocycles. The van der Waals surface area contributed by atoms with Gasteiger partial charge < -0.3 is 16.3 Å². The van der Waals surface area contributed by atoms with Crippen LogP contribution < -0.4 is 5.73 Å². The molecule has 5 N–H and O–H groups in total. The number of aliphatic carboxylic acids is 1. The molecule has 0 radical (unpaired) electrons. The maximum absolute atomic E-state index is 10.1. The molecule has 0 aromatic heterocycles. The van der Waals surface area contributed by atoms with Gasteiger partial charge >= 0.3 is 5.97 Å². The van der Waals surface area contributed by atoms with Gasteiger partial charge in [-0.3, -0.25) is 4.79 Å². The van der Waals surface area contributed by atoms with Crippen molar-refractivity contribution in [3.8, 4) is 0 Å². The van der Waals surface area contributed by atoms with Crippen molar-refractivity contribution >= 4 is 30.1 Å². The molecule has 0 saturated carbocycles. The fraction of sp³-hybridized carbons (Fsp3) is 0.800. The molecule has 0 aromatic rings. The van der Waals surface area contributed by atoms with E-state index in [0.717, 1.165) is 5.75 Å². The van der Waals surface area contributed by atoms with Crippen molar-refractivity contribution in [3.05, 3.63) is 0 Å². The number of nitrogens with two attached hydrogens (primary N) is 1. The van der Waals surface area contributed by atoms with Gasteiger partial charge in [0.25, 0.3) is 0 Å². The lowest BCUT2D eigenvalue weighted by Crippen LogP contribution is -2.30. The molecule has 0 bridgehead atoms. The molecule has 0 heterocycles. The molecule has 6 heteroatoms. The van der Waals surface area contributed by atoms with Gasteiger partial charge in [-0.15, -0.1) is 12.4 Å². The molecular weight excluding hydrogens is 190 g/mol. The normalized spacial score (nSPS) is 10.7. The number of thioether (sulfide) groups is 1. The molecule has 0 rings (SSSR count). The molecular formula is C5H14ClNO3S. The second-order valence-electron chi connectivity index (χ2n) is 1.73. The second-order valence-corrected chi connectivity index (χ2v) is 2.71. The van der Waals surface area contributed by atoms with Crippen molar-refractivity contribution in [2.45, 2.75) is 12.5 Å². The maximum atomic E-state index is 10.1. The third kappa shape index (κ3) is 10.0. The summed E-state index contributed by atoms with van der Waals surface area (Å²) in [6.07, 6.45) is 2.48. The summed E-state index contributed by atoms with van der Waals surface area (Å²) in [5, 5.41) is 8.27. The van der Waals surface area contributed by atoms with Gasteiger partial charge in [-0.05, 0) is 18.4 Å². The molecule has 0 aliphatic carbocycles. The highest BCUT2D eigenvalue weighted by molar-refractivity contribution is 7.98. The van der Waals surface area contributed by atoms with Crippen LogP contribution in [0.4, 0.5) is 0 Å². The highest BCUT2D eigenvalue weighted by Crippen LogP contribution is 1.97. The quantitative estimate of drug-likeness (QED) is 0.659. The average molecular weight is 204 g/mol. The molecule has 0 fully saturated rings. The first-order valence-electron chi connectivity index (χ1n) is 2.65. The zero-order chi connectivity index (χ0) is 7.28. The Morgan fingerprint density at radius 3 is 2.45 bits per heavy atom. The molecule has 70 valence electrons. The van der Waals surface area contributed by atoms with E-state index in [4.69, 9.17) is 10.8 Å². The molecule has 0 amide bonds. The first-order chi connectivity index (χ1) is 4.18. The number of hydrogen-bond acceptors (Lipinski definition) is 3. The predicted molar refractivity (Wildman–Crippen MR) is 49.5 cm³/mol. The largest absolute Gasteiger partial charge is 0.480 e. The molecule has 0 aliphatic rings. The summed E-state index contributed by atoms with van der Waals surface area (Å²) in [7, 11) is 0. The van der Waals surface area contributed by atoms with E-state index in [1.807, 2.05) is 6.26 Å². The number of rotatable bonds is 4. The highest BCUT2D eigenvalue weighted by Gasteiger charge is 2.08. The van der Waals surface area contributed by atoms with Crippen molar-refractivity contribution in [2.75, 3.05) is 12.0 Å². The van der Waals surface area contributed by atoms with Crippen LogP contribution in [0.15, 0.2) is 0 Å². The van der Waals surface area contributed by atoms with Crippen LogP contribution in [0.25, 0.3) is 0 Å². The van der Waals surface area contributed by atoms with Gasteiger partial charge in [-0.1, -0.05) is 0 Å². The molecule has 0 spiro atoms. The molecule has 0 saturated heterocycles. The Morgan fingerprint density at radius 2 is 2.18 bits per heavy atom. The Kier molecular flexibility index (Phi) is 15.7. The Morgan fingerprint density at radius 1 is 1.73 bits per heavy atom. The number of carboxylic acid groups (broad SMARTS) is 1. The summed E-state index contributed by atoms with van der Waals surface area (Å²) in [5.41, 5.74) is 5.19. The van der Waals surface area contributed by atoms with Crippen molar-refractivity contribution in [3.63, 3.8) is 0 Å². The summed E-state index contributed by atoms with van der Waals surface area (Å²) >= 11 is 1.60. The van der Waals surface area contributed by atoms with Crippen molar-refractivity contribution in [2.24, 2.45) is 5.73 Å². The van der Waals surface area contributed by atoms with Crippen LogP contribution in [-0.2, 0) is 4.79 Å². The molecule has 0 unspecified atom stereocenters. The van der Waals surface area contributed by atoms with E-state index >= 15 is 0 Å². The van der Waals surface area contributed by atoms with E-state index in [9.17, 15) is 4.79 Å². The van der Waals surface area contributed by atoms with Crippen LogP contribution in [0.5, 0.6) is 0 Å². The summed E-state index contributed by atoms with van der Waals surface area (Å²) in [6.45, 7) is 0. The Labute approximate surface area is 76.3 Å². The zero-order valence-corrected chi connectivity index (χ0v) is 7.87. The Balaban J connectivity index is -0.000000320. The third-order valence-electron chi connectivity index (χ3n) is 0.950. The number of carbonyl (C=O) groups is 1. The predicted octanol–water partition coefficient (Wildman–Crippen LogP) is -0.252. The van der Waals surface area contributed by atoms with Crippen LogP contribution in [0.1, 0.15) is 6.42 Å². The number of carboxylic acids is 1. The topological polar surface area (TPSA) is 94.8 Å². The number of hydrogen-bond donors (Lipinski definition) is 2. The molecule has 11 heavy (non-hydrogen) atoms. The molecule has 1 atom stereocenters. The fourth-order valence-corrected chi connectivity index (χ4v) is 0.858. The second kappa shape index (κ2) is 10.0. The van der Waals surface area contributed by atoms with Gasteiger partial charge in [-0.2, -0.15) is 11.8 Å². The number of halogens is 1.